The molecule has 136 valence electrons. The third kappa shape index (κ3) is 9.37. The predicted molar refractivity (Wildman–Crippen MR) is 108 cm³/mol. The van der Waals surface area contributed by atoms with Gasteiger partial charge in [-0.3, -0.25) is 9.79 Å². The number of aliphatic imine (C=N–C) groups is 1. The van der Waals surface area contributed by atoms with Crippen molar-refractivity contribution in [2.75, 3.05) is 20.1 Å². The van der Waals surface area contributed by atoms with Crippen molar-refractivity contribution in [1.82, 2.24) is 16.0 Å². The first-order valence-corrected chi connectivity index (χ1v) is 8.81. The molecule has 6 heteroatoms. The second-order valence-corrected chi connectivity index (χ2v) is 6.60. The molecule has 0 aromatic heterocycles. The van der Waals surface area contributed by atoms with Crippen LogP contribution in [0.5, 0.6) is 0 Å². The number of halogens is 1. The third-order valence-corrected chi connectivity index (χ3v) is 4.35. The molecule has 0 bridgehead atoms. The van der Waals surface area contributed by atoms with E-state index in [0.717, 1.165) is 11.9 Å². The Morgan fingerprint density at radius 3 is 2.26 bits per heavy atom. The van der Waals surface area contributed by atoms with E-state index in [-0.39, 0.29) is 35.8 Å². The molecule has 23 heavy (non-hydrogen) atoms. The van der Waals surface area contributed by atoms with E-state index in [9.17, 15) is 4.79 Å². The first kappa shape index (κ1) is 22.5. The van der Waals surface area contributed by atoms with Crippen molar-refractivity contribution in [3.05, 3.63) is 0 Å². The number of guanidine groups is 1. The summed E-state index contributed by atoms with van der Waals surface area (Å²) < 4.78 is 0. The van der Waals surface area contributed by atoms with Gasteiger partial charge in [0, 0.05) is 32.1 Å². The third-order valence-electron chi connectivity index (χ3n) is 4.35. The van der Waals surface area contributed by atoms with Gasteiger partial charge < -0.3 is 16.0 Å². The van der Waals surface area contributed by atoms with Crippen LogP contribution in [0, 0.1) is 11.8 Å². The molecule has 0 aliphatic heterocycles. The van der Waals surface area contributed by atoms with Crippen molar-refractivity contribution in [3.63, 3.8) is 0 Å². The molecule has 0 aromatic carbocycles. The molecular formula is C17H35IN4O. The zero-order chi connectivity index (χ0) is 16.4. The monoisotopic (exact) mass is 438 g/mol. The Morgan fingerprint density at radius 1 is 1.13 bits per heavy atom. The van der Waals surface area contributed by atoms with Gasteiger partial charge in [0.05, 0.1) is 0 Å². The highest BCUT2D eigenvalue weighted by Crippen LogP contribution is 2.27. The highest BCUT2D eigenvalue weighted by molar-refractivity contribution is 14.0. The summed E-state index contributed by atoms with van der Waals surface area (Å²) in [7, 11) is 1.80. The minimum Gasteiger partial charge on any atom is -0.355 e. The van der Waals surface area contributed by atoms with E-state index in [0.29, 0.717) is 19.1 Å². The fourth-order valence-electron chi connectivity index (χ4n) is 2.96. The number of hydrogen-bond donors (Lipinski definition) is 3. The molecule has 0 saturated heterocycles. The Kier molecular flexibility index (Phi) is 12.5. The van der Waals surface area contributed by atoms with Gasteiger partial charge in [-0.15, -0.1) is 24.0 Å². The molecule has 0 aromatic rings. The van der Waals surface area contributed by atoms with Crippen LogP contribution in [0.1, 0.15) is 59.3 Å². The lowest BCUT2D eigenvalue weighted by molar-refractivity contribution is -0.123. The van der Waals surface area contributed by atoms with Gasteiger partial charge in [-0.25, -0.2) is 0 Å². The second-order valence-electron chi connectivity index (χ2n) is 6.60. The lowest BCUT2D eigenvalue weighted by Gasteiger charge is -2.30. The second kappa shape index (κ2) is 12.8. The summed E-state index contributed by atoms with van der Waals surface area (Å²) >= 11 is 0. The molecule has 0 atom stereocenters. The summed E-state index contributed by atoms with van der Waals surface area (Å²) in [4.78, 5) is 15.7. The minimum atomic E-state index is 0. The lowest BCUT2D eigenvalue weighted by atomic mass is 9.83. The molecule has 1 saturated carbocycles. The largest absolute Gasteiger partial charge is 0.355 e. The smallest absolute Gasteiger partial charge is 0.222 e. The van der Waals surface area contributed by atoms with Crippen LogP contribution in [-0.4, -0.2) is 38.0 Å². The zero-order valence-corrected chi connectivity index (χ0v) is 17.5. The van der Waals surface area contributed by atoms with Gasteiger partial charge in [0.25, 0.3) is 0 Å². The Morgan fingerprint density at radius 2 is 1.74 bits per heavy atom. The number of carbonyl (C=O) groups is 1. The summed E-state index contributed by atoms with van der Waals surface area (Å²) in [6, 6.07) is 0.532. The van der Waals surface area contributed by atoms with Crippen LogP contribution in [0.25, 0.3) is 0 Å². The van der Waals surface area contributed by atoms with Crippen LogP contribution in [0.4, 0.5) is 0 Å². The first-order chi connectivity index (χ1) is 10.6. The van der Waals surface area contributed by atoms with Crippen molar-refractivity contribution < 1.29 is 4.79 Å². The number of nitrogens with zero attached hydrogens (tertiary/aromatic N) is 1. The van der Waals surface area contributed by atoms with Crippen molar-refractivity contribution in [1.29, 1.82) is 0 Å². The van der Waals surface area contributed by atoms with Crippen LogP contribution in [0.2, 0.25) is 0 Å². The summed E-state index contributed by atoms with van der Waals surface area (Å²) in [6.07, 6.45) is 7.79. The predicted octanol–water partition coefficient (Wildman–Crippen LogP) is 2.90. The van der Waals surface area contributed by atoms with Gasteiger partial charge in [-0.1, -0.05) is 33.6 Å². The maximum Gasteiger partial charge on any atom is 0.222 e. The van der Waals surface area contributed by atoms with Crippen LogP contribution in [0.3, 0.4) is 0 Å². The quantitative estimate of drug-likeness (QED) is 0.248. The van der Waals surface area contributed by atoms with Crippen LogP contribution in [-0.2, 0) is 4.79 Å². The molecule has 1 aliphatic rings. The Labute approximate surface area is 158 Å². The van der Waals surface area contributed by atoms with Gasteiger partial charge >= 0.3 is 0 Å². The van der Waals surface area contributed by atoms with E-state index in [2.05, 4.69) is 27.9 Å². The summed E-state index contributed by atoms with van der Waals surface area (Å²) in [5.74, 6) is 1.90. The SMILES string of the molecule is CCCC1CCC(NC(=NC)NCCNC(=O)C(C)C)CC1.I. The van der Waals surface area contributed by atoms with E-state index in [1.165, 1.54) is 38.5 Å². The number of rotatable bonds is 7. The van der Waals surface area contributed by atoms with Crippen LogP contribution in [0.15, 0.2) is 4.99 Å². The highest BCUT2D eigenvalue weighted by Gasteiger charge is 2.21. The fourth-order valence-corrected chi connectivity index (χ4v) is 2.96. The van der Waals surface area contributed by atoms with Crippen molar-refractivity contribution in [2.24, 2.45) is 16.8 Å². The first-order valence-electron chi connectivity index (χ1n) is 8.81. The number of hydrogen-bond acceptors (Lipinski definition) is 2. The molecule has 0 unspecified atom stereocenters. The van der Waals surface area contributed by atoms with Crippen molar-refractivity contribution in [2.45, 2.75) is 65.3 Å². The van der Waals surface area contributed by atoms with E-state index in [1.807, 2.05) is 13.8 Å². The van der Waals surface area contributed by atoms with Gasteiger partial charge in [0.15, 0.2) is 5.96 Å². The van der Waals surface area contributed by atoms with Gasteiger partial charge in [0.1, 0.15) is 0 Å². The van der Waals surface area contributed by atoms with Gasteiger partial charge in [0.2, 0.25) is 5.91 Å². The molecule has 0 radical (unpaired) electrons. The van der Waals surface area contributed by atoms with Gasteiger partial charge in [-0.05, 0) is 31.6 Å². The number of nitrogens with one attached hydrogen (secondary N) is 3. The van der Waals surface area contributed by atoms with E-state index in [1.54, 1.807) is 7.05 Å². The standard InChI is InChI=1S/C17H34N4O.HI/c1-5-6-14-7-9-15(10-8-14)21-17(18-4)20-12-11-19-16(22)13(2)3;/h13-15H,5-12H2,1-4H3,(H,19,22)(H2,18,20,21);1H. The lowest BCUT2D eigenvalue weighted by Crippen LogP contribution is -2.47. The maximum absolute atomic E-state index is 11.5. The summed E-state index contributed by atoms with van der Waals surface area (Å²) in [6.45, 7) is 7.40. The summed E-state index contributed by atoms with van der Waals surface area (Å²) in [5, 5.41) is 9.68. The summed E-state index contributed by atoms with van der Waals surface area (Å²) in [5.41, 5.74) is 0. The number of carbonyl (C=O) groups excluding carboxylic acids is 1. The van der Waals surface area contributed by atoms with E-state index >= 15 is 0 Å². The van der Waals surface area contributed by atoms with Crippen LogP contribution >= 0.6 is 24.0 Å². The highest BCUT2D eigenvalue weighted by atomic mass is 127. The van der Waals surface area contributed by atoms with Crippen molar-refractivity contribution in [3.8, 4) is 0 Å². The maximum atomic E-state index is 11.5. The average Bonchev–Trinajstić information content (AvgIpc) is 2.51. The molecule has 5 nitrogen and oxygen atoms in total. The molecule has 1 fully saturated rings. The fraction of sp³-hybridized carbons (Fsp3) is 0.882. The topological polar surface area (TPSA) is 65.5 Å². The number of amides is 1. The average molecular weight is 438 g/mol. The molecule has 1 amide bonds. The molecule has 0 spiro atoms. The zero-order valence-electron chi connectivity index (χ0n) is 15.2. The molecule has 0 heterocycles. The molecule has 3 N–H and O–H groups in total. The van der Waals surface area contributed by atoms with Crippen LogP contribution < -0.4 is 16.0 Å². The normalized spacial score (nSPS) is 21.5. The molecule has 1 aliphatic carbocycles. The van der Waals surface area contributed by atoms with Gasteiger partial charge in [-0.2, -0.15) is 0 Å². The van der Waals surface area contributed by atoms with Crippen molar-refractivity contribution >= 4 is 35.8 Å². The molecular weight excluding hydrogens is 403 g/mol. The molecule has 1 rings (SSSR count). The van der Waals surface area contributed by atoms with E-state index in [4.69, 9.17) is 0 Å². The minimum absolute atomic E-state index is 0. The van der Waals surface area contributed by atoms with E-state index < -0.39 is 0 Å². The Bertz CT molecular complexity index is 353. The Hall–Kier alpha value is -0.530. The Balaban J connectivity index is 0.00000484.